The van der Waals surface area contributed by atoms with Crippen LogP contribution in [0, 0.1) is 0 Å². The van der Waals surface area contributed by atoms with Crippen LogP contribution in [0.25, 0.3) is 0 Å². The molecule has 0 aliphatic carbocycles. The van der Waals surface area contributed by atoms with Gasteiger partial charge in [-0.1, -0.05) is 38.1 Å². The van der Waals surface area contributed by atoms with Crippen molar-refractivity contribution in [1.29, 1.82) is 0 Å². The molecule has 0 aromatic heterocycles. The Morgan fingerprint density at radius 2 is 1.71 bits per heavy atom. The first-order valence-electron chi connectivity index (χ1n) is 5.61. The molecular weight excluding hydrogens is 170 g/mol. The van der Waals surface area contributed by atoms with E-state index < -0.39 is 0 Å². The SMILES string of the molecule is CC.CN1CCCc2ccccc2C1. The summed E-state index contributed by atoms with van der Waals surface area (Å²) in [7, 11) is 2.20. The van der Waals surface area contributed by atoms with Crippen molar-refractivity contribution in [2.45, 2.75) is 33.2 Å². The van der Waals surface area contributed by atoms with Crippen LogP contribution in [0.15, 0.2) is 24.3 Å². The van der Waals surface area contributed by atoms with Crippen LogP contribution in [0.1, 0.15) is 31.4 Å². The Hall–Kier alpha value is -0.820. The second kappa shape index (κ2) is 5.82. The van der Waals surface area contributed by atoms with E-state index in [0.29, 0.717) is 0 Å². The highest BCUT2D eigenvalue weighted by Gasteiger charge is 2.09. The summed E-state index contributed by atoms with van der Waals surface area (Å²) >= 11 is 0. The molecule has 1 aromatic carbocycles. The first kappa shape index (κ1) is 11.3. The summed E-state index contributed by atoms with van der Waals surface area (Å²) in [6.45, 7) is 6.35. The highest BCUT2D eigenvalue weighted by atomic mass is 15.1. The summed E-state index contributed by atoms with van der Waals surface area (Å²) in [5.41, 5.74) is 3.05. The van der Waals surface area contributed by atoms with E-state index in [1.54, 1.807) is 5.56 Å². The Morgan fingerprint density at radius 1 is 1.07 bits per heavy atom. The summed E-state index contributed by atoms with van der Waals surface area (Å²) < 4.78 is 0. The topological polar surface area (TPSA) is 3.24 Å². The molecular formula is C13H21N. The van der Waals surface area contributed by atoms with Gasteiger partial charge in [0.05, 0.1) is 0 Å². The Morgan fingerprint density at radius 3 is 2.43 bits per heavy atom. The number of aryl methyl sites for hydroxylation is 1. The first-order valence-corrected chi connectivity index (χ1v) is 5.61. The van der Waals surface area contributed by atoms with E-state index in [9.17, 15) is 0 Å². The minimum absolute atomic E-state index is 1.12. The lowest BCUT2D eigenvalue weighted by molar-refractivity contribution is 0.332. The largest absolute Gasteiger partial charge is 0.302 e. The number of rotatable bonds is 0. The predicted molar refractivity (Wildman–Crippen MR) is 62.4 cm³/mol. The van der Waals surface area contributed by atoms with Crippen molar-refractivity contribution in [1.82, 2.24) is 4.90 Å². The molecule has 0 spiro atoms. The molecule has 1 aliphatic rings. The molecule has 1 aromatic rings. The molecule has 0 bridgehead atoms. The second-order valence-corrected chi connectivity index (χ2v) is 3.61. The maximum Gasteiger partial charge on any atom is 0.0233 e. The third kappa shape index (κ3) is 2.85. The smallest absolute Gasteiger partial charge is 0.0233 e. The molecule has 14 heavy (non-hydrogen) atoms. The van der Waals surface area contributed by atoms with Gasteiger partial charge >= 0.3 is 0 Å². The lowest BCUT2D eigenvalue weighted by atomic mass is 10.0. The quantitative estimate of drug-likeness (QED) is 0.609. The highest BCUT2D eigenvalue weighted by Crippen LogP contribution is 2.16. The van der Waals surface area contributed by atoms with Crippen molar-refractivity contribution >= 4 is 0 Å². The number of hydrogen-bond donors (Lipinski definition) is 0. The van der Waals surface area contributed by atoms with E-state index in [2.05, 4.69) is 36.2 Å². The van der Waals surface area contributed by atoms with Crippen LogP contribution in [-0.4, -0.2) is 18.5 Å². The van der Waals surface area contributed by atoms with Crippen molar-refractivity contribution < 1.29 is 0 Å². The van der Waals surface area contributed by atoms with Crippen LogP contribution < -0.4 is 0 Å². The van der Waals surface area contributed by atoms with Gasteiger partial charge in [0.2, 0.25) is 0 Å². The van der Waals surface area contributed by atoms with Crippen molar-refractivity contribution in [3.05, 3.63) is 35.4 Å². The van der Waals surface area contributed by atoms with E-state index in [1.165, 1.54) is 24.9 Å². The molecule has 0 unspecified atom stereocenters. The number of nitrogens with zero attached hydrogens (tertiary/aromatic N) is 1. The lowest BCUT2D eigenvalue weighted by Gasteiger charge is -2.12. The predicted octanol–water partition coefficient (Wildman–Crippen LogP) is 3.09. The first-order chi connectivity index (χ1) is 6.86. The molecule has 1 aliphatic heterocycles. The number of hydrogen-bond acceptors (Lipinski definition) is 1. The van der Waals surface area contributed by atoms with E-state index in [0.717, 1.165) is 6.54 Å². The van der Waals surface area contributed by atoms with Gasteiger partial charge in [0, 0.05) is 6.54 Å². The molecule has 78 valence electrons. The third-order valence-electron chi connectivity index (χ3n) is 2.54. The van der Waals surface area contributed by atoms with E-state index in [4.69, 9.17) is 0 Å². The fraction of sp³-hybridized carbons (Fsp3) is 0.538. The molecule has 1 heteroatoms. The lowest BCUT2D eigenvalue weighted by Crippen LogP contribution is -2.16. The monoisotopic (exact) mass is 191 g/mol. The van der Waals surface area contributed by atoms with Gasteiger partial charge in [0.25, 0.3) is 0 Å². The minimum Gasteiger partial charge on any atom is -0.302 e. The van der Waals surface area contributed by atoms with Gasteiger partial charge in [-0.05, 0) is 37.6 Å². The summed E-state index contributed by atoms with van der Waals surface area (Å²) in [4.78, 5) is 2.39. The van der Waals surface area contributed by atoms with Gasteiger partial charge in [0.15, 0.2) is 0 Å². The number of benzene rings is 1. The summed E-state index contributed by atoms with van der Waals surface area (Å²) in [5, 5.41) is 0. The van der Waals surface area contributed by atoms with Crippen LogP contribution in [0.4, 0.5) is 0 Å². The normalized spacial score (nSPS) is 16.2. The molecule has 0 atom stereocenters. The van der Waals surface area contributed by atoms with Crippen LogP contribution in [0.5, 0.6) is 0 Å². The highest BCUT2D eigenvalue weighted by molar-refractivity contribution is 5.27. The average molecular weight is 191 g/mol. The maximum absolute atomic E-state index is 2.39. The maximum atomic E-state index is 2.39. The van der Waals surface area contributed by atoms with Gasteiger partial charge in [-0.25, -0.2) is 0 Å². The molecule has 0 fully saturated rings. The Balaban J connectivity index is 0.000000461. The van der Waals surface area contributed by atoms with E-state index in [-0.39, 0.29) is 0 Å². The summed E-state index contributed by atoms with van der Waals surface area (Å²) in [6.07, 6.45) is 2.55. The molecule has 0 saturated heterocycles. The summed E-state index contributed by atoms with van der Waals surface area (Å²) in [5.74, 6) is 0. The van der Waals surface area contributed by atoms with Gasteiger partial charge < -0.3 is 4.90 Å². The van der Waals surface area contributed by atoms with Gasteiger partial charge in [-0.15, -0.1) is 0 Å². The van der Waals surface area contributed by atoms with Crippen LogP contribution >= 0.6 is 0 Å². The zero-order valence-electron chi connectivity index (χ0n) is 9.59. The zero-order valence-corrected chi connectivity index (χ0v) is 9.59. The Labute approximate surface area is 87.7 Å². The van der Waals surface area contributed by atoms with E-state index in [1.807, 2.05) is 13.8 Å². The van der Waals surface area contributed by atoms with Crippen molar-refractivity contribution in [3.8, 4) is 0 Å². The zero-order chi connectivity index (χ0) is 10.4. The van der Waals surface area contributed by atoms with Crippen LogP contribution in [-0.2, 0) is 13.0 Å². The molecule has 0 amide bonds. The fourth-order valence-electron chi connectivity index (χ4n) is 1.86. The third-order valence-corrected chi connectivity index (χ3v) is 2.54. The molecule has 1 nitrogen and oxygen atoms in total. The fourth-order valence-corrected chi connectivity index (χ4v) is 1.86. The van der Waals surface area contributed by atoms with Gasteiger partial charge in [-0.2, -0.15) is 0 Å². The van der Waals surface area contributed by atoms with Gasteiger partial charge in [0.1, 0.15) is 0 Å². The van der Waals surface area contributed by atoms with Crippen LogP contribution in [0.2, 0.25) is 0 Å². The van der Waals surface area contributed by atoms with Crippen molar-refractivity contribution in [3.63, 3.8) is 0 Å². The molecule has 0 radical (unpaired) electrons. The van der Waals surface area contributed by atoms with E-state index >= 15 is 0 Å². The molecule has 0 saturated carbocycles. The standard InChI is InChI=1S/C11H15N.C2H6/c1-12-8-4-7-10-5-2-3-6-11(10)9-12;1-2/h2-3,5-6H,4,7-9H2,1H3;1-2H3. The Kier molecular flexibility index (Phi) is 4.68. The van der Waals surface area contributed by atoms with Crippen molar-refractivity contribution in [2.75, 3.05) is 13.6 Å². The minimum atomic E-state index is 1.12. The average Bonchev–Trinajstić information content (AvgIpc) is 2.41. The molecule has 0 N–H and O–H groups in total. The number of fused-ring (bicyclic) bond motifs is 1. The summed E-state index contributed by atoms with van der Waals surface area (Å²) in [6, 6.07) is 8.79. The van der Waals surface area contributed by atoms with Crippen molar-refractivity contribution in [2.24, 2.45) is 0 Å². The van der Waals surface area contributed by atoms with Crippen LogP contribution in [0.3, 0.4) is 0 Å². The molecule has 1 heterocycles. The van der Waals surface area contributed by atoms with Gasteiger partial charge in [-0.3, -0.25) is 0 Å². The Bertz CT molecular complexity index is 268. The second-order valence-electron chi connectivity index (χ2n) is 3.61. The molecule has 2 rings (SSSR count).